The molecule has 0 aromatic heterocycles. The molecule has 2 heterocycles. The first kappa shape index (κ1) is 17.1. The zero-order chi connectivity index (χ0) is 15.9. The van der Waals surface area contributed by atoms with Gasteiger partial charge in [0.15, 0.2) is 0 Å². The minimum atomic E-state index is -3.45. The van der Waals surface area contributed by atoms with E-state index < -0.39 is 21.4 Å². The van der Waals surface area contributed by atoms with E-state index in [0.29, 0.717) is 26.2 Å². The van der Waals surface area contributed by atoms with E-state index in [9.17, 15) is 13.5 Å². The molecule has 0 saturated carbocycles. The maximum Gasteiger partial charge on any atom is 0.282 e. The summed E-state index contributed by atoms with van der Waals surface area (Å²) in [4.78, 5) is 0. The van der Waals surface area contributed by atoms with Crippen LogP contribution in [0.2, 0.25) is 0 Å². The van der Waals surface area contributed by atoms with Crippen molar-refractivity contribution in [2.75, 3.05) is 32.8 Å². The number of hydrogen-bond donors (Lipinski definition) is 1. The maximum atomic E-state index is 12.8. The van der Waals surface area contributed by atoms with Crippen molar-refractivity contribution in [3.63, 3.8) is 0 Å². The summed E-state index contributed by atoms with van der Waals surface area (Å²) >= 11 is 0. The third-order valence-corrected chi connectivity index (χ3v) is 6.08. The van der Waals surface area contributed by atoms with Gasteiger partial charge in [-0.05, 0) is 46.5 Å². The lowest BCUT2D eigenvalue weighted by atomic mass is 10.00. The molecule has 0 aliphatic carbocycles. The van der Waals surface area contributed by atoms with Gasteiger partial charge in [-0.3, -0.25) is 0 Å². The summed E-state index contributed by atoms with van der Waals surface area (Å²) in [7, 11) is -3.45. The third kappa shape index (κ3) is 3.96. The number of piperidine rings is 1. The third-order valence-electron chi connectivity index (χ3n) is 4.15. The summed E-state index contributed by atoms with van der Waals surface area (Å²) in [5.74, 6) is 0.231. The number of morpholine rings is 1. The van der Waals surface area contributed by atoms with Crippen LogP contribution in [-0.4, -0.2) is 66.1 Å². The van der Waals surface area contributed by atoms with Crippen LogP contribution in [0, 0.1) is 5.92 Å². The van der Waals surface area contributed by atoms with Crippen LogP contribution in [0.15, 0.2) is 0 Å². The molecule has 7 heteroatoms. The van der Waals surface area contributed by atoms with Crippen molar-refractivity contribution in [2.45, 2.75) is 51.7 Å². The summed E-state index contributed by atoms with van der Waals surface area (Å²) in [5, 5.41) is 9.17. The fraction of sp³-hybridized carbons (Fsp3) is 1.00. The summed E-state index contributed by atoms with van der Waals surface area (Å²) in [6, 6.07) is 0. The van der Waals surface area contributed by atoms with Gasteiger partial charge in [0.25, 0.3) is 10.2 Å². The van der Waals surface area contributed by atoms with Gasteiger partial charge in [-0.1, -0.05) is 0 Å². The van der Waals surface area contributed by atoms with Gasteiger partial charge >= 0.3 is 0 Å². The predicted octanol–water partition coefficient (Wildman–Crippen LogP) is 0.825. The average Bonchev–Trinajstić information content (AvgIpc) is 2.35. The lowest BCUT2D eigenvalue weighted by Crippen LogP contribution is -2.61. The molecule has 0 aromatic carbocycles. The van der Waals surface area contributed by atoms with E-state index in [1.807, 2.05) is 27.7 Å². The van der Waals surface area contributed by atoms with Crippen LogP contribution in [0.4, 0.5) is 0 Å². The van der Waals surface area contributed by atoms with Gasteiger partial charge in [-0.2, -0.15) is 17.0 Å². The van der Waals surface area contributed by atoms with Gasteiger partial charge in [-0.15, -0.1) is 0 Å². The highest BCUT2D eigenvalue weighted by Gasteiger charge is 2.44. The van der Waals surface area contributed by atoms with E-state index in [1.54, 1.807) is 8.61 Å². The topological polar surface area (TPSA) is 70.1 Å². The molecule has 21 heavy (non-hydrogen) atoms. The fourth-order valence-corrected chi connectivity index (χ4v) is 5.31. The van der Waals surface area contributed by atoms with Crippen LogP contribution in [0.25, 0.3) is 0 Å². The minimum absolute atomic E-state index is 0.144. The summed E-state index contributed by atoms with van der Waals surface area (Å²) in [6.45, 7) is 9.58. The monoisotopic (exact) mass is 320 g/mol. The first-order valence-corrected chi connectivity index (χ1v) is 9.02. The van der Waals surface area contributed by atoms with Crippen molar-refractivity contribution in [1.82, 2.24) is 8.61 Å². The molecule has 124 valence electrons. The molecule has 0 bridgehead atoms. The van der Waals surface area contributed by atoms with Crippen LogP contribution in [0.1, 0.15) is 40.5 Å². The molecule has 0 spiro atoms. The van der Waals surface area contributed by atoms with Crippen LogP contribution in [0.3, 0.4) is 0 Å². The van der Waals surface area contributed by atoms with Gasteiger partial charge in [0.05, 0.1) is 11.2 Å². The molecular weight excluding hydrogens is 292 g/mol. The van der Waals surface area contributed by atoms with Crippen LogP contribution >= 0.6 is 0 Å². The van der Waals surface area contributed by atoms with Gasteiger partial charge in [-0.25, -0.2) is 0 Å². The molecule has 2 rings (SSSR count). The Balaban J connectivity index is 2.12. The van der Waals surface area contributed by atoms with Gasteiger partial charge < -0.3 is 9.84 Å². The molecule has 6 nitrogen and oxygen atoms in total. The molecule has 1 N–H and O–H groups in total. The summed E-state index contributed by atoms with van der Waals surface area (Å²) in [6.07, 6.45) is 1.46. The second kappa shape index (κ2) is 5.77. The second-order valence-corrected chi connectivity index (χ2v) is 9.35. The minimum Gasteiger partial charge on any atom is -0.396 e. The normalized spacial score (nSPS) is 28.6. The van der Waals surface area contributed by atoms with Crippen molar-refractivity contribution in [2.24, 2.45) is 5.92 Å². The van der Waals surface area contributed by atoms with Crippen LogP contribution < -0.4 is 0 Å². The van der Waals surface area contributed by atoms with Crippen molar-refractivity contribution < 1.29 is 18.3 Å². The second-order valence-electron chi connectivity index (χ2n) is 7.42. The fourth-order valence-electron chi connectivity index (χ4n) is 3.37. The Hall–Kier alpha value is -0.210. The number of nitrogens with zero attached hydrogens (tertiary/aromatic N) is 2. The van der Waals surface area contributed by atoms with E-state index in [-0.39, 0.29) is 12.5 Å². The number of hydrogen-bond acceptors (Lipinski definition) is 4. The van der Waals surface area contributed by atoms with Crippen molar-refractivity contribution in [3.8, 4) is 0 Å². The molecule has 0 aromatic rings. The molecule has 2 aliphatic rings. The first-order valence-electron chi connectivity index (χ1n) is 7.62. The number of aliphatic hydroxyl groups is 1. The van der Waals surface area contributed by atoms with Crippen molar-refractivity contribution >= 4 is 10.2 Å². The van der Waals surface area contributed by atoms with Crippen molar-refractivity contribution in [3.05, 3.63) is 0 Å². The lowest BCUT2D eigenvalue weighted by molar-refractivity contribution is -0.164. The Labute approximate surface area is 128 Å². The van der Waals surface area contributed by atoms with Crippen LogP contribution in [0.5, 0.6) is 0 Å². The van der Waals surface area contributed by atoms with E-state index in [4.69, 9.17) is 4.74 Å². The average molecular weight is 320 g/mol. The largest absolute Gasteiger partial charge is 0.396 e. The Morgan fingerprint density at radius 2 is 1.52 bits per heavy atom. The number of aliphatic hydroxyl groups excluding tert-OH is 1. The number of ether oxygens (including phenoxy) is 1. The highest BCUT2D eigenvalue weighted by Crippen LogP contribution is 2.31. The molecule has 0 amide bonds. The molecule has 0 atom stereocenters. The standard InChI is InChI=1S/C14H28N2O4S/c1-13(2)10-16(11-14(3,4)20-13)21(18,19)15-7-5-12(9-17)6-8-15/h12,17H,5-11H2,1-4H3. The molecule has 0 radical (unpaired) electrons. The van der Waals surface area contributed by atoms with E-state index in [0.717, 1.165) is 12.8 Å². The molecular formula is C14H28N2O4S. The van der Waals surface area contributed by atoms with Crippen molar-refractivity contribution in [1.29, 1.82) is 0 Å². The Morgan fingerprint density at radius 1 is 1.05 bits per heavy atom. The highest BCUT2D eigenvalue weighted by molar-refractivity contribution is 7.86. The van der Waals surface area contributed by atoms with Gasteiger partial charge in [0, 0.05) is 32.8 Å². The highest BCUT2D eigenvalue weighted by atomic mass is 32.2. The lowest BCUT2D eigenvalue weighted by Gasteiger charge is -2.47. The van der Waals surface area contributed by atoms with Gasteiger partial charge in [0.2, 0.25) is 0 Å². The first-order chi connectivity index (χ1) is 9.56. The zero-order valence-corrected chi connectivity index (χ0v) is 14.3. The van der Waals surface area contributed by atoms with Gasteiger partial charge in [0.1, 0.15) is 0 Å². The summed E-state index contributed by atoms with van der Waals surface area (Å²) < 4.78 is 34.7. The van der Waals surface area contributed by atoms with E-state index in [1.165, 1.54) is 0 Å². The molecule has 2 fully saturated rings. The van der Waals surface area contributed by atoms with E-state index in [2.05, 4.69) is 0 Å². The molecule has 0 unspecified atom stereocenters. The summed E-state index contributed by atoms with van der Waals surface area (Å²) in [5.41, 5.74) is -0.976. The van der Waals surface area contributed by atoms with Crippen LogP contribution in [-0.2, 0) is 14.9 Å². The quantitative estimate of drug-likeness (QED) is 0.836. The van der Waals surface area contributed by atoms with E-state index >= 15 is 0 Å². The SMILES string of the molecule is CC1(C)CN(S(=O)(=O)N2CCC(CO)CC2)CC(C)(C)O1. The number of rotatable bonds is 3. The Bertz CT molecular complexity index is 451. The zero-order valence-electron chi connectivity index (χ0n) is 13.5. The smallest absolute Gasteiger partial charge is 0.282 e. The Morgan fingerprint density at radius 3 is 1.95 bits per heavy atom. The molecule has 2 saturated heterocycles. The maximum absolute atomic E-state index is 12.8. The Kier molecular flexibility index (Phi) is 4.71. The molecule has 2 aliphatic heterocycles. The predicted molar refractivity (Wildman–Crippen MR) is 81.1 cm³/mol.